The molecule has 0 aromatic rings. The van der Waals surface area contributed by atoms with E-state index < -0.39 is 0 Å². The molecule has 0 aromatic carbocycles. The van der Waals surface area contributed by atoms with Crippen LogP contribution in [-0.4, -0.2) is 18.8 Å². The summed E-state index contributed by atoms with van der Waals surface area (Å²) in [6.45, 7) is 2.43. The molecule has 0 atom stereocenters. The van der Waals surface area contributed by atoms with Crippen molar-refractivity contribution in [1.29, 1.82) is 0 Å². The Labute approximate surface area is 43.3 Å². The molecule has 2 saturated heterocycles. The summed E-state index contributed by atoms with van der Waals surface area (Å²) < 4.78 is 0. The predicted molar refractivity (Wildman–Crippen MR) is 28.0 cm³/mol. The van der Waals surface area contributed by atoms with E-state index in [9.17, 15) is 0 Å². The third kappa shape index (κ3) is 0.359. The quantitative estimate of drug-likeness (QED) is 0.433. The minimum atomic E-state index is 0.444. The summed E-state index contributed by atoms with van der Waals surface area (Å²) in [6.07, 6.45) is 2.68. The molecule has 2 heterocycles. The first-order valence-electron chi connectivity index (χ1n) is 2.91. The van der Waals surface area contributed by atoms with E-state index in [0.717, 1.165) is 0 Å². The second-order valence-corrected chi connectivity index (χ2v) is 2.44. The fraction of sp³-hybridized carbons (Fsp3) is 1.00. The molecule has 0 aromatic heterocycles. The van der Waals surface area contributed by atoms with Crippen LogP contribution >= 0.6 is 0 Å². The first-order valence-corrected chi connectivity index (χ1v) is 2.91. The molecule has 0 unspecified atom stereocenters. The van der Waals surface area contributed by atoms with Crippen LogP contribution in [0.25, 0.3) is 0 Å². The number of hydrogen-bond donors (Lipinski definition) is 2. The largest absolute Gasteiger partial charge is 0.299 e. The maximum atomic E-state index is 3.35. The van der Waals surface area contributed by atoms with E-state index in [1.54, 1.807) is 0 Å². The van der Waals surface area contributed by atoms with Crippen LogP contribution in [0, 0.1) is 0 Å². The van der Waals surface area contributed by atoms with Crippen molar-refractivity contribution in [3.05, 3.63) is 0 Å². The minimum absolute atomic E-state index is 0.444. The van der Waals surface area contributed by atoms with Gasteiger partial charge in [-0.25, -0.2) is 0 Å². The third-order valence-electron chi connectivity index (χ3n) is 2.03. The Morgan fingerprint density at radius 2 is 1.43 bits per heavy atom. The zero-order valence-electron chi connectivity index (χ0n) is 4.33. The van der Waals surface area contributed by atoms with Gasteiger partial charge >= 0.3 is 0 Å². The summed E-state index contributed by atoms with van der Waals surface area (Å²) in [6, 6.07) is 0. The first kappa shape index (κ1) is 3.87. The smallest absolute Gasteiger partial charge is 0.0711 e. The van der Waals surface area contributed by atoms with Gasteiger partial charge < -0.3 is 0 Å². The van der Waals surface area contributed by atoms with E-state index in [4.69, 9.17) is 0 Å². The second kappa shape index (κ2) is 1.01. The second-order valence-electron chi connectivity index (χ2n) is 2.44. The van der Waals surface area contributed by atoms with Crippen LogP contribution < -0.4 is 10.6 Å². The molecule has 2 rings (SSSR count). The van der Waals surface area contributed by atoms with Crippen LogP contribution in [0.5, 0.6) is 0 Å². The van der Waals surface area contributed by atoms with Gasteiger partial charge in [-0.3, -0.25) is 10.6 Å². The van der Waals surface area contributed by atoms with Crippen LogP contribution in [-0.2, 0) is 0 Å². The average molecular weight is 98.1 g/mol. The summed E-state index contributed by atoms with van der Waals surface area (Å²) in [5.41, 5.74) is 0.444. The van der Waals surface area contributed by atoms with E-state index in [2.05, 4.69) is 10.6 Å². The van der Waals surface area contributed by atoms with Crippen LogP contribution in [0.2, 0.25) is 0 Å². The lowest BCUT2D eigenvalue weighted by molar-refractivity contribution is 0.0756. The van der Waals surface area contributed by atoms with Gasteiger partial charge in [-0.05, 0) is 25.9 Å². The molecule has 2 nitrogen and oxygen atoms in total. The van der Waals surface area contributed by atoms with Crippen molar-refractivity contribution in [2.45, 2.75) is 18.5 Å². The van der Waals surface area contributed by atoms with Crippen molar-refractivity contribution in [2.75, 3.05) is 13.1 Å². The molecular weight excluding hydrogens is 88.1 g/mol. The molecule has 0 amide bonds. The lowest BCUT2D eigenvalue weighted by Crippen LogP contribution is -2.73. The minimum Gasteiger partial charge on any atom is -0.299 e. The van der Waals surface area contributed by atoms with Gasteiger partial charge in [-0.15, -0.1) is 0 Å². The normalized spacial score (nSPS) is 34.3. The van der Waals surface area contributed by atoms with Gasteiger partial charge in [0, 0.05) is 0 Å². The Morgan fingerprint density at radius 1 is 1.00 bits per heavy atom. The molecule has 2 fully saturated rings. The zero-order chi connectivity index (χ0) is 4.74. The maximum absolute atomic E-state index is 3.35. The summed E-state index contributed by atoms with van der Waals surface area (Å²) in [5.74, 6) is 0. The van der Waals surface area contributed by atoms with Gasteiger partial charge in [0.05, 0.1) is 5.66 Å². The van der Waals surface area contributed by atoms with Gasteiger partial charge in [-0.2, -0.15) is 0 Å². The topological polar surface area (TPSA) is 24.1 Å². The summed E-state index contributed by atoms with van der Waals surface area (Å²) in [5, 5.41) is 6.69. The maximum Gasteiger partial charge on any atom is 0.0711 e. The van der Waals surface area contributed by atoms with Crippen molar-refractivity contribution in [2.24, 2.45) is 0 Å². The van der Waals surface area contributed by atoms with Crippen LogP contribution in [0.1, 0.15) is 12.8 Å². The highest BCUT2D eigenvalue weighted by atomic mass is 15.3. The van der Waals surface area contributed by atoms with E-state index in [1.807, 2.05) is 0 Å². The van der Waals surface area contributed by atoms with E-state index >= 15 is 0 Å². The van der Waals surface area contributed by atoms with Crippen molar-refractivity contribution in [3.63, 3.8) is 0 Å². The summed E-state index contributed by atoms with van der Waals surface area (Å²) in [4.78, 5) is 0. The van der Waals surface area contributed by atoms with Gasteiger partial charge in [0.15, 0.2) is 0 Å². The monoisotopic (exact) mass is 98.1 g/mol. The van der Waals surface area contributed by atoms with Crippen molar-refractivity contribution in [3.8, 4) is 0 Å². The molecule has 2 aliphatic rings. The predicted octanol–water partition coefficient (Wildman–Crippen LogP) is -0.331. The Hall–Kier alpha value is -0.0800. The lowest BCUT2D eigenvalue weighted by Gasteiger charge is -2.51. The Kier molecular flexibility index (Phi) is 0.557. The van der Waals surface area contributed by atoms with Crippen molar-refractivity contribution < 1.29 is 0 Å². The van der Waals surface area contributed by atoms with E-state index in [-0.39, 0.29) is 0 Å². The van der Waals surface area contributed by atoms with Crippen molar-refractivity contribution in [1.82, 2.24) is 10.6 Å². The Morgan fingerprint density at radius 3 is 1.43 bits per heavy atom. The molecule has 1 spiro atoms. The molecule has 2 aliphatic heterocycles. The van der Waals surface area contributed by atoms with Gasteiger partial charge in [-0.1, -0.05) is 0 Å². The summed E-state index contributed by atoms with van der Waals surface area (Å²) in [7, 11) is 0. The van der Waals surface area contributed by atoms with Crippen LogP contribution in [0.4, 0.5) is 0 Å². The molecule has 2 N–H and O–H groups in total. The Bertz CT molecular complexity index is 66.6. The lowest BCUT2D eigenvalue weighted by atomic mass is 9.88. The SMILES string of the molecule is C1CC2(CCN2)N1. The van der Waals surface area contributed by atoms with E-state index in [0.29, 0.717) is 5.66 Å². The highest BCUT2D eigenvalue weighted by Crippen LogP contribution is 2.25. The molecular formula is C5H10N2. The molecule has 7 heavy (non-hydrogen) atoms. The summed E-state index contributed by atoms with van der Waals surface area (Å²) >= 11 is 0. The van der Waals surface area contributed by atoms with Crippen LogP contribution in [0.15, 0.2) is 0 Å². The molecule has 2 heteroatoms. The molecule has 0 saturated carbocycles. The number of nitrogens with one attached hydrogen (secondary N) is 2. The van der Waals surface area contributed by atoms with E-state index in [1.165, 1.54) is 25.9 Å². The fourth-order valence-electron chi connectivity index (χ4n) is 1.22. The molecule has 0 aliphatic carbocycles. The van der Waals surface area contributed by atoms with Crippen LogP contribution in [0.3, 0.4) is 0 Å². The molecule has 0 radical (unpaired) electrons. The number of hydrogen-bond acceptors (Lipinski definition) is 2. The highest BCUT2D eigenvalue weighted by Gasteiger charge is 2.41. The molecule has 0 bridgehead atoms. The molecule has 40 valence electrons. The first-order chi connectivity index (χ1) is 3.41. The fourth-order valence-corrected chi connectivity index (χ4v) is 1.22. The highest BCUT2D eigenvalue weighted by molar-refractivity contribution is 5.00. The average Bonchev–Trinajstić information content (AvgIpc) is 1.20. The van der Waals surface area contributed by atoms with Gasteiger partial charge in [0.2, 0.25) is 0 Å². The van der Waals surface area contributed by atoms with Gasteiger partial charge in [0.25, 0.3) is 0 Å². The third-order valence-corrected chi connectivity index (χ3v) is 2.03. The van der Waals surface area contributed by atoms with Gasteiger partial charge in [0.1, 0.15) is 0 Å². The zero-order valence-corrected chi connectivity index (χ0v) is 4.33. The van der Waals surface area contributed by atoms with Crippen molar-refractivity contribution >= 4 is 0 Å². The number of rotatable bonds is 0. The standard InChI is InChI=1S/C5H10N2/c1-3-6-5(1)2-4-7-5/h6-7H,1-4H2. The Balaban J connectivity index is 2.00.